The number of hydrogen-bond donors (Lipinski definition) is 1. The third kappa shape index (κ3) is 5.80. The Bertz CT molecular complexity index is 325. The molecule has 0 aliphatic carbocycles. The molecule has 1 unspecified atom stereocenters. The second-order valence-corrected chi connectivity index (χ2v) is 5.00. The van der Waals surface area contributed by atoms with Crippen molar-refractivity contribution in [2.75, 3.05) is 20.1 Å². The summed E-state index contributed by atoms with van der Waals surface area (Å²) in [5, 5.41) is 0. The molecule has 1 aromatic heterocycles. The number of nitrogens with zero attached hydrogens (tertiary/aromatic N) is 2. The third-order valence-corrected chi connectivity index (χ3v) is 2.90. The lowest BCUT2D eigenvalue weighted by Crippen LogP contribution is -2.25. The van der Waals surface area contributed by atoms with E-state index in [0.717, 1.165) is 37.4 Å². The standard InChI is InChI=1S/C14H25N3/c1-12(6-5-9-15)10-17(3)11-14-8-4-7-13(2)16-14/h4,7-8,12H,5-6,9-11,15H2,1-3H3. The lowest BCUT2D eigenvalue weighted by Gasteiger charge is -2.20. The summed E-state index contributed by atoms with van der Waals surface area (Å²) in [5.74, 6) is 0.702. The number of rotatable bonds is 7. The fourth-order valence-electron chi connectivity index (χ4n) is 2.12. The SMILES string of the molecule is Cc1cccc(CN(C)CC(C)CCCN)n1. The Labute approximate surface area is 105 Å². The minimum absolute atomic E-state index is 0.702. The summed E-state index contributed by atoms with van der Waals surface area (Å²) >= 11 is 0. The van der Waals surface area contributed by atoms with Gasteiger partial charge in [0.2, 0.25) is 0 Å². The number of hydrogen-bond acceptors (Lipinski definition) is 3. The molecule has 2 N–H and O–H groups in total. The molecule has 0 saturated carbocycles. The van der Waals surface area contributed by atoms with Gasteiger partial charge in [-0.3, -0.25) is 4.98 Å². The number of aryl methyl sites for hydroxylation is 1. The quantitative estimate of drug-likeness (QED) is 0.788. The van der Waals surface area contributed by atoms with Crippen molar-refractivity contribution in [3.05, 3.63) is 29.6 Å². The van der Waals surface area contributed by atoms with E-state index in [9.17, 15) is 0 Å². The predicted molar refractivity (Wildman–Crippen MR) is 72.8 cm³/mol. The maximum Gasteiger partial charge on any atom is 0.0547 e. The molecular weight excluding hydrogens is 210 g/mol. The molecule has 0 aliphatic rings. The lowest BCUT2D eigenvalue weighted by atomic mass is 10.1. The molecule has 17 heavy (non-hydrogen) atoms. The maximum absolute atomic E-state index is 5.52. The lowest BCUT2D eigenvalue weighted by molar-refractivity contribution is 0.267. The topological polar surface area (TPSA) is 42.1 Å². The van der Waals surface area contributed by atoms with Crippen LogP contribution in [0.1, 0.15) is 31.2 Å². The maximum atomic E-state index is 5.52. The summed E-state index contributed by atoms with van der Waals surface area (Å²) in [6.07, 6.45) is 2.33. The molecule has 0 radical (unpaired) electrons. The molecule has 0 fully saturated rings. The molecule has 1 rings (SSSR count). The first-order valence-corrected chi connectivity index (χ1v) is 6.43. The van der Waals surface area contributed by atoms with Gasteiger partial charge >= 0.3 is 0 Å². The molecule has 96 valence electrons. The molecule has 1 heterocycles. The van der Waals surface area contributed by atoms with E-state index in [1.54, 1.807) is 0 Å². The Morgan fingerprint density at radius 1 is 1.41 bits per heavy atom. The summed E-state index contributed by atoms with van der Waals surface area (Å²) in [5.41, 5.74) is 7.77. The monoisotopic (exact) mass is 235 g/mol. The molecule has 0 spiro atoms. The van der Waals surface area contributed by atoms with E-state index in [-0.39, 0.29) is 0 Å². The second-order valence-electron chi connectivity index (χ2n) is 5.00. The fourth-order valence-corrected chi connectivity index (χ4v) is 2.12. The van der Waals surface area contributed by atoms with Gasteiger partial charge in [0.05, 0.1) is 5.69 Å². The average Bonchev–Trinajstić information content (AvgIpc) is 2.26. The normalized spacial score (nSPS) is 13.0. The summed E-state index contributed by atoms with van der Waals surface area (Å²) in [6, 6.07) is 6.20. The highest BCUT2D eigenvalue weighted by Gasteiger charge is 2.07. The molecule has 1 aromatic rings. The molecule has 0 amide bonds. The van der Waals surface area contributed by atoms with E-state index in [4.69, 9.17) is 5.73 Å². The first-order chi connectivity index (χ1) is 8.11. The predicted octanol–water partition coefficient (Wildman–Crippen LogP) is 2.20. The van der Waals surface area contributed by atoms with E-state index in [1.807, 2.05) is 13.0 Å². The van der Waals surface area contributed by atoms with Crippen LogP contribution in [-0.4, -0.2) is 30.0 Å². The average molecular weight is 235 g/mol. The Kier molecular flexibility index (Phi) is 6.16. The summed E-state index contributed by atoms with van der Waals surface area (Å²) in [4.78, 5) is 6.86. The Balaban J connectivity index is 2.36. The zero-order chi connectivity index (χ0) is 12.7. The molecule has 3 heteroatoms. The minimum atomic E-state index is 0.702. The smallest absolute Gasteiger partial charge is 0.0547 e. The zero-order valence-electron chi connectivity index (χ0n) is 11.3. The van der Waals surface area contributed by atoms with Crippen molar-refractivity contribution in [2.24, 2.45) is 11.7 Å². The van der Waals surface area contributed by atoms with Crippen LogP contribution in [0.15, 0.2) is 18.2 Å². The van der Waals surface area contributed by atoms with Crippen LogP contribution in [-0.2, 0) is 6.54 Å². The van der Waals surface area contributed by atoms with Crippen molar-refractivity contribution in [3.63, 3.8) is 0 Å². The van der Waals surface area contributed by atoms with Gasteiger partial charge in [0, 0.05) is 18.8 Å². The van der Waals surface area contributed by atoms with Gasteiger partial charge < -0.3 is 10.6 Å². The van der Waals surface area contributed by atoms with Gasteiger partial charge in [-0.25, -0.2) is 0 Å². The molecule has 1 atom stereocenters. The highest BCUT2D eigenvalue weighted by molar-refractivity contribution is 5.09. The van der Waals surface area contributed by atoms with Crippen LogP contribution in [0.3, 0.4) is 0 Å². The van der Waals surface area contributed by atoms with Crippen molar-refractivity contribution < 1.29 is 0 Å². The molecule has 0 aliphatic heterocycles. The van der Waals surface area contributed by atoms with Crippen molar-refractivity contribution in [1.29, 1.82) is 0 Å². The van der Waals surface area contributed by atoms with Crippen molar-refractivity contribution in [2.45, 2.75) is 33.2 Å². The van der Waals surface area contributed by atoms with Gasteiger partial charge in [-0.05, 0) is 51.4 Å². The number of aromatic nitrogens is 1. The first-order valence-electron chi connectivity index (χ1n) is 6.43. The largest absolute Gasteiger partial charge is 0.330 e. The molecule has 0 saturated heterocycles. The van der Waals surface area contributed by atoms with Gasteiger partial charge in [-0.1, -0.05) is 13.0 Å². The Hall–Kier alpha value is -0.930. The summed E-state index contributed by atoms with van der Waals surface area (Å²) < 4.78 is 0. The van der Waals surface area contributed by atoms with E-state index >= 15 is 0 Å². The van der Waals surface area contributed by atoms with Crippen molar-refractivity contribution >= 4 is 0 Å². The molecule has 0 bridgehead atoms. The van der Waals surface area contributed by atoms with Crippen LogP contribution < -0.4 is 5.73 Å². The van der Waals surface area contributed by atoms with Gasteiger partial charge in [0.15, 0.2) is 0 Å². The van der Waals surface area contributed by atoms with Gasteiger partial charge in [0.1, 0.15) is 0 Å². The van der Waals surface area contributed by atoms with Gasteiger partial charge in [-0.2, -0.15) is 0 Å². The zero-order valence-corrected chi connectivity index (χ0v) is 11.3. The van der Waals surface area contributed by atoms with Gasteiger partial charge in [-0.15, -0.1) is 0 Å². The summed E-state index contributed by atoms with van der Waals surface area (Å²) in [6.45, 7) is 7.15. The van der Waals surface area contributed by atoms with Crippen LogP contribution in [0.5, 0.6) is 0 Å². The highest BCUT2D eigenvalue weighted by atomic mass is 15.1. The first kappa shape index (κ1) is 14.1. The summed E-state index contributed by atoms with van der Waals surface area (Å²) in [7, 11) is 2.16. The van der Waals surface area contributed by atoms with Crippen LogP contribution in [0.2, 0.25) is 0 Å². The van der Waals surface area contributed by atoms with Crippen LogP contribution >= 0.6 is 0 Å². The van der Waals surface area contributed by atoms with Crippen LogP contribution in [0.25, 0.3) is 0 Å². The number of nitrogens with two attached hydrogens (primary N) is 1. The van der Waals surface area contributed by atoms with Crippen molar-refractivity contribution in [3.8, 4) is 0 Å². The fraction of sp³-hybridized carbons (Fsp3) is 0.643. The van der Waals surface area contributed by atoms with E-state index in [2.05, 4.69) is 36.0 Å². The van der Waals surface area contributed by atoms with E-state index in [0.29, 0.717) is 5.92 Å². The van der Waals surface area contributed by atoms with Crippen LogP contribution in [0.4, 0.5) is 0 Å². The molecule has 0 aromatic carbocycles. The minimum Gasteiger partial charge on any atom is -0.330 e. The third-order valence-electron chi connectivity index (χ3n) is 2.90. The van der Waals surface area contributed by atoms with Gasteiger partial charge in [0.25, 0.3) is 0 Å². The van der Waals surface area contributed by atoms with E-state index < -0.39 is 0 Å². The molecule has 3 nitrogen and oxygen atoms in total. The number of pyridine rings is 1. The second kappa shape index (κ2) is 7.41. The highest BCUT2D eigenvalue weighted by Crippen LogP contribution is 2.08. The Morgan fingerprint density at radius 3 is 2.82 bits per heavy atom. The molecular formula is C14H25N3. The van der Waals surface area contributed by atoms with E-state index in [1.165, 1.54) is 6.42 Å². The van der Waals surface area contributed by atoms with Crippen LogP contribution in [0, 0.1) is 12.8 Å². The Morgan fingerprint density at radius 2 is 2.18 bits per heavy atom. The van der Waals surface area contributed by atoms with Crippen molar-refractivity contribution in [1.82, 2.24) is 9.88 Å².